The van der Waals surface area contributed by atoms with Gasteiger partial charge in [-0.15, -0.1) is 11.3 Å². The van der Waals surface area contributed by atoms with Crippen molar-refractivity contribution in [2.75, 3.05) is 19.6 Å². The van der Waals surface area contributed by atoms with Crippen LogP contribution in [0.5, 0.6) is 0 Å². The molecule has 7 heteroatoms. The molecule has 3 heterocycles. The molecule has 1 aliphatic heterocycles. The summed E-state index contributed by atoms with van der Waals surface area (Å²) in [6.45, 7) is 6.03. The van der Waals surface area contributed by atoms with Crippen molar-refractivity contribution >= 4 is 17.2 Å². The molecular formula is C16H23N5OS. The first-order valence-corrected chi connectivity index (χ1v) is 8.87. The first kappa shape index (κ1) is 16.1. The molecule has 2 aromatic heterocycles. The van der Waals surface area contributed by atoms with Crippen LogP contribution in [-0.4, -0.2) is 45.2 Å². The monoisotopic (exact) mass is 333 g/mol. The number of thiophene rings is 1. The SMILES string of the molecule is Cc1ccc(CNC(=O)CN2CCC[C@@H](Cn3cncn3)C2)s1. The first-order chi connectivity index (χ1) is 11.2. The Morgan fingerprint density at radius 3 is 3.13 bits per heavy atom. The van der Waals surface area contributed by atoms with Gasteiger partial charge in [0.2, 0.25) is 5.91 Å². The van der Waals surface area contributed by atoms with Crippen LogP contribution in [0, 0.1) is 12.8 Å². The minimum atomic E-state index is 0.109. The molecule has 2 aromatic rings. The number of nitrogens with one attached hydrogen (secondary N) is 1. The zero-order valence-corrected chi connectivity index (χ0v) is 14.3. The first-order valence-electron chi connectivity index (χ1n) is 8.06. The number of aromatic nitrogens is 3. The molecule has 1 N–H and O–H groups in total. The summed E-state index contributed by atoms with van der Waals surface area (Å²) in [5.41, 5.74) is 0. The van der Waals surface area contributed by atoms with Gasteiger partial charge in [0.05, 0.1) is 13.1 Å². The van der Waals surface area contributed by atoms with Crippen molar-refractivity contribution in [2.24, 2.45) is 5.92 Å². The summed E-state index contributed by atoms with van der Waals surface area (Å²) in [6, 6.07) is 4.17. The third-order valence-corrected chi connectivity index (χ3v) is 5.14. The molecule has 1 saturated heterocycles. The minimum absolute atomic E-state index is 0.109. The average Bonchev–Trinajstić information content (AvgIpc) is 3.17. The van der Waals surface area contributed by atoms with Crippen LogP contribution in [0.15, 0.2) is 24.8 Å². The summed E-state index contributed by atoms with van der Waals surface area (Å²) in [4.78, 5) is 20.9. The van der Waals surface area contributed by atoms with E-state index in [-0.39, 0.29) is 5.91 Å². The van der Waals surface area contributed by atoms with Gasteiger partial charge in [0.15, 0.2) is 0 Å². The molecule has 124 valence electrons. The standard InChI is InChI=1S/C16H23N5OS/c1-13-4-5-15(23-13)7-18-16(22)10-20-6-2-3-14(8-20)9-21-12-17-11-19-21/h4-5,11-12,14H,2-3,6-10H2,1H3,(H,18,22)/t14-/m1/s1. The van der Waals surface area contributed by atoms with Crippen molar-refractivity contribution in [2.45, 2.75) is 32.9 Å². The number of nitrogens with zero attached hydrogens (tertiary/aromatic N) is 4. The van der Waals surface area contributed by atoms with Gasteiger partial charge in [-0.3, -0.25) is 14.4 Å². The van der Waals surface area contributed by atoms with E-state index in [2.05, 4.69) is 39.4 Å². The van der Waals surface area contributed by atoms with E-state index in [1.807, 2.05) is 4.68 Å². The van der Waals surface area contributed by atoms with E-state index in [0.717, 1.165) is 26.1 Å². The smallest absolute Gasteiger partial charge is 0.234 e. The van der Waals surface area contributed by atoms with Gasteiger partial charge in [-0.1, -0.05) is 0 Å². The molecule has 0 spiro atoms. The van der Waals surface area contributed by atoms with Gasteiger partial charge in [-0.2, -0.15) is 5.10 Å². The third kappa shape index (κ3) is 4.87. The number of carbonyl (C=O) groups excluding carboxylic acids is 1. The van der Waals surface area contributed by atoms with Gasteiger partial charge >= 0.3 is 0 Å². The number of hydrogen-bond acceptors (Lipinski definition) is 5. The molecule has 6 nitrogen and oxygen atoms in total. The highest BCUT2D eigenvalue weighted by Crippen LogP contribution is 2.18. The molecule has 1 atom stereocenters. The predicted molar refractivity (Wildman–Crippen MR) is 90.1 cm³/mol. The molecule has 1 amide bonds. The van der Waals surface area contributed by atoms with E-state index in [1.165, 1.54) is 16.2 Å². The highest BCUT2D eigenvalue weighted by Gasteiger charge is 2.22. The largest absolute Gasteiger partial charge is 0.350 e. The van der Waals surface area contributed by atoms with E-state index in [4.69, 9.17) is 0 Å². The lowest BCUT2D eigenvalue weighted by atomic mass is 9.98. The number of likely N-dealkylation sites (tertiary alicyclic amines) is 1. The quantitative estimate of drug-likeness (QED) is 0.873. The van der Waals surface area contributed by atoms with Gasteiger partial charge in [0.25, 0.3) is 0 Å². The molecular weight excluding hydrogens is 310 g/mol. The number of rotatable bonds is 6. The molecule has 0 aromatic carbocycles. The molecule has 0 aliphatic carbocycles. The van der Waals surface area contributed by atoms with Crippen LogP contribution in [0.3, 0.4) is 0 Å². The highest BCUT2D eigenvalue weighted by molar-refractivity contribution is 7.11. The van der Waals surface area contributed by atoms with Gasteiger partial charge in [-0.05, 0) is 44.4 Å². The number of carbonyl (C=O) groups is 1. The van der Waals surface area contributed by atoms with Crippen molar-refractivity contribution in [3.8, 4) is 0 Å². The predicted octanol–water partition coefficient (Wildman–Crippen LogP) is 1.68. The van der Waals surface area contributed by atoms with Crippen LogP contribution in [0.2, 0.25) is 0 Å². The van der Waals surface area contributed by atoms with Crippen LogP contribution in [0.25, 0.3) is 0 Å². The zero-order valence-electron chi connectivity index (χ0n) is 13.4. The van der Waals surface area contributed by atoms with E-state index in [0.29, 0.717) is 19.0 Å². The fourth-order valence-electron chi connectivity index (χ4n) is 3.06. The van der Waals surface area contributed by atoms with Crippen molar-refractivity contribution in [3.05, 3.63) is 34.5 Å². The summed E-state index contributed by atoms with van der Waals surface area (Å²) in [6.07, 6.45) is 5.65. The Kier molecular flexibility index (Phi) is 5.40. The summed E-state index contributed by atoms with van der Waals surface area (Å²) < 4.78 is 1.88. The maximum Gasteiger partial charge on any atom is 0.234 e. The molecule has 0 radical (unpaired) electrons. The Hall–Kier alpha value is -1.73. The molecule has 23 heavy (non-hydrogen) atoms. The maximum atomic E-state index is 12.1. The molecule has 0 bridgehead atoms. The fraction of sp³-hybridized carbons (Fsp3) is 0.562. The topological polar surface area (TPSA) is 63.1 Å². The Morgan fingerprint density at radius 1 is 1.48 bits per heavy atom. The van der Waals surface area contributed by atoms with Crippen LogP contribution < -0.4 is 5.32 Å². The van der Waals surface area contributed by atoms with Crippen LogP contribution in [0.4, 0.5) is 0 Å². The lowest BCUT2D eigenvalue weighted by molar-refractivity contribution is -0.122. The normalized spacial score (nSPS) is 18.9. The summed E-state index contributed by atoms with van der Waals surface area (Å²) in [5.74, 6) is 0.649. The van der Waals surface area contributed by atoms with Gasteiger partial charge in [-0.25, -0.2) is 4.98 Å². The second-order valence-electron chi connectivity index (χ2n) is 6.15. The molecule has 1 fully saturated rings. The zero-order chi connectivity index (χ0) is 16.1. The van der Waals surface area contributed by atoms with Gasteiger partial charge in [0.1, 0.15) is 12.7 Å². The van der Waals surface area contributed by atoms with Crippen molar-refractivity contribution in [1.82, 2.24) is 25.0 Å². The second-order valence-corrected chi connectivity index (χ2v) is 7.52. The Labute approximate surface area is 140 Å². The van der Waals surface area contributed by atoms with E-state index >= 15 is 0 Å². The number of hydrogen-bond donors (Lipinski definition) is 1. The molecule has 1 aliphatic rings. The van der Waals surface area contributed by atoms with Crippen LogP contribution in [-0.2, 0) is 17.9 Å². The number of amides is 1. The molecule has 0 saturated carbocycles. The fourth-order valence-corrected chi connectivity index (χ4v) is 3.89. The lowest BCUT2D eigenvalue weighted by Gasteiger charge is -2.32. The highest BCUT2D eigenvalue weighted by atomic mass is 32.1. The van der Waals surface area contributed by atoms with Crippen molar-refractivity contribution in [1.29, 1.82) is 0 Å². The number of piperidine rings is 1. The minimum Gasteiger partial charge on any atom is -0.350 e. The summed E-state index contributed by atoms with van der Waals surface area (Å²) in [7, 11) is 0. The second kappa shape index (κ2) is 7.70. The Bertz CT molecular complexity index is 624. The van der Waals surface area contributed by atoms with Crippen LogP contribution >= 0.6 is 11.3 Å². The van der Waals surface area contributed by atoms with E-state index < -0.39 is 0 Å². The van der Waals surface area contributed by atoms with Crippen molar-refractivity contribution < 1.29 is 4.79 Å². The summed E-state index contributed by atoms with van der Waals surface area (Å²) >= 11 is 1.73. The van der Waals surface area contributed by atoms with Crippen molar-refractivity contribution in [3.63, 3.8) is 0 Å². The Balaban J connectivity index is 1.42. The molecule has 0 unspecified atom stereocenters. The van der Waals surface area contributed by atoms with Gasteiger partial charge < -0.3 is 5.32 Å². The third-order valence-electron chi connectivity index (χ3n) is 4.14. The van der Waals surface area contributed by atoms with E-state index in [1.54, 1.807) is 24.0 Å². The Morgan fingerprint density at radius 2 is 2.39 bits per heavy atom. The van der Waals surface area contributed by atoms with Crippen LogP contribution in [0.1, 0.15) is 22.6 Å². The van der Waals surface area contributed by atoms with Gasteiger partial charge in [0, 0.05) is 22.8 Å². The number of aryl methyl sites for hydroxylation is 1. The molecule has 3 rings (SSSR count). The average molecular weight is 333 g/mol. The van der Waals surface area contributed by atoms with E-state index in [9.17, 15) is 4.79 Å². The maximum absolute atomic E-state index is 12.1. The summed E-state index contributed by atoms with van der Waals surface area (Å²) in [5, 5.41) is 7.19. The lowest BCUT2D eigenvalue weighted by Crippen LogP contribution is -2.43.